The van der Waals surface area contributed by atoms with E-state index in [1.165, 1.54) is 10.8 Å². The van der Waals surface area contributed by atoms with Gasteiger partial charge in [-0.3, -0.25) is 4.79 Å². The lowest BCUT2D eigenvalue weighted by Gasteiger charge is -2.27. The van der Waals surface area contributed by atoms with Gasteiger partial charge in [-0.1, -0.05) is 44.2 Å². The largest absolute Gasteiger partial charge is 0.373 e. The number of carbonyl (C=O) groups excluding carboxylic acids is 1. The Labute approximate surface area is 161 Å². The Bertz CT molecular complexity index is 945. The van der Waals surface area contributed by atoms with Crippen LogP contribution in [-0.2, 0) is 4.74 Å². The number of ether oxygens (including phenoxy) is 1. The Balaban J connectivity index is 1.77. The SMILES string of the molecule is CCC(COC(C)(C)CC)NC(=O)c1ccc2cc3ccccc3cc2c1. The fourth-order valence-electron chi connectivity index (χ4n) is 3.04. The third-order valence-electron chi connectivity index (χ3n) is 5.32. The Morgan fingerprint density at radius 3 is 2.22 bits per heavy atom. The maximum Gasteiger partial charge on any atom is 0.251 e. The van der Waals surface area contributed by atoms with Crippen molar-refractivity contribution < 1.29 is 9.53 Å². The summed E-state index contributed by atoms with van der Waals surface area (Å²) in [4.78, 5) is 12.7. The summed E-state index contributed by atoms with van der Waals surface area (Å²) in [7, 11) is 0. The number of hydrogen-bond donors (Lipinski definition) is 1. The number of rotatable bonds is 7. The Morgan fingerprint density at radius 1 is 0.963 bits per heavy atom. The first-order chi connectivity index (χ1) is 12.9. The smallest absolute Gasteiger partial charge is 0.251 e. The van der Waals surface area contributed by atoms with Crippen LogP contribution in [0.25, 0.3) is 21.5 Å². The van der Waals surface area contributed by atoms with Gasteiger partial charge >= 0.3 is 0 Å². The van der Waals surface area contributed by atoms with Crippen LogP contribution in [0.15, 0.2) is 54.6 Å². The van der Waals surface area contributed by atoms with Crippen LogP contribution in [0.5, 0.6) is 0 Å². The van der Waals surface area contributed by atoms with E-state index in [0.717, 1.165) is 23.6 Å². The summed E-state index contributed by atoms with van der Waals surface area (Å²) in [6.45, 7) is 8.86. The Hall–Kier alpha value is -2.39. The van der Waals surface area contributed by atoms with Crippen LogP contribution < -0.4 is 5.32 Å². The third kappa shape index (κ3) is 4.67. The van der Waals surface area contributed by atoms with Crippen molar-refractivity contribution in [2.75, 3.05) is 6.61 Å². The summed E-state index contributed by atoms with van der Waals surface area (Å²) in [5.41, 5.74) is 0.522. The Morgan fingerprint density at radius 2 is 1.59 bits per heavy atom. The van der Waals surface area contributed by atoms with Gasteiger partial charge in [0.05, 0.1) is 18.2 Å². The highest BCUT2D eigenvalue weighted by Crippen LogP contribution is 2.24. The predicted molar refractivity (Wildman–Crippen MR) is 113 cm³/mol. The zero-order chi connectivity index (χ0) is 19.4. The first kappa shape index (κ1) is 19.4. The quantitative estimate of drug-likeness (QED) is 0.546. The third-order valence-corrected chi connectivity index (χ3v) is 5.32. The van der Waals surface area contributed by atoms with Gasteiger partial charge in [-0.2, -0.15) is 0 Å². The molecule has 1 amide bonds. The molecule has 0 bridgehead atoms. The molecule has 0 aliphatic rings. The Kier molecular flexibility index (Phi) is 5.81. The van der Waals surface area contributed by atoms with Gasteiger partial charge in [-0.25, -0.2) is 0 Å². The van der Waals surface area contributed by atoms with E-state index < -0.39 is 0 Å². The molecule has 1 unspecified atom stereocenters. The standard InChI is InChI=1S/C24H29NO2/c1-5-22(16-27-24(3,4)6-2)25-23(26)20-12-11-19-13-17-9-7-8-10-18(17)14-21(19)15-20/h7-15,22H,5-6,16H2,1-4H3,(H,25,26). The second-order valence-corrected chi connectivity index (χ2v) is 7.76. The molecule has 3 aromatic rings. The van der Waals surface area contributed by atoms with Crippen molar-refractivity contribution in [1.29, 1.82) is 0 Å². The van der Waals surface area contributed by atoms with E-state index in [1.54, 1.807) is 0 Å². The van der Waals surface area contributed by atoms with Crippen molar-refractivity contribution in [3.05, 3.63) is 60.2 Å². The zero-order valence-corrected chi connectivity index (χ0v) is 16.7. The minimum atomic E-state index is -0.165. The molecule has 1 N–H and O–H groups in total. The highest BCUT2D eigenvalue weighted by molar-refractivity contribution is 6.03. The summed E-state index contributed by atoms with van der Waals surface area (Å²) in [6, 6.07) is 18.5. The molecule has 0 aromatic heterocycles. The molecule has 3 heteroatoms. The van der Waals surface area contributed by atoms with Crippen LogP contribution in [0.4, 0.5) is 0 Å². The van der Waals surface area contributed by atoms with E-state index in [1.807, 2.05) is 30.3 Å². The first-order valence-corrected chi connectivity index (χ1v) is 9.79. The average molecular weight is 364 g/mol. The highest BCUT2D eigenvalue weighted by atomic mass is 16.5. The van der Waals surface area contributed by atoms with E-state index in [-0.39, 0.29) is 17.6 Å². The molecule has 0 saturated carbocycles. The minimum Gasteiger partial charge on any atom is -0.373 e. The van der Waals surface area contributed by atoms with Crippen molar-refractivity contribution in [3.8, 4) is 0 Å². The lowest BCUT2D eigenvalue weighted by atomic mass is 10.0. The predicted octanol–water partition coefficient (Wildman–Crippen LogP) is 5.71. The van der Waals surface area contributed by atoms with E-state index in [2.05, 4.69) is 57.3 Å². The molecule has 0 aliphatic heterocycles. The summed E-state index contributed by atoms with van der Waals surface area (Å²) in [6.07, 6.45) is 1.78. The van der Waals surface area contributed by atoms with Crippen molar-refractivity contribution in [2.24, 2.45) is 0 Å². The minimum absolute atomic E-state index is 0.00984. The van der Waals surface area contributed by atoms with Crippen LogP contribution >= 0.6 is 0 Å². The van der Waals surface area contributed by atoms with Gasteiger partial charge in [-0.15, -0.1) is 0 Å². The van der Waals surface area contributed by atoms with Crippen LogP contribution in [0.3, 0.4) is 0 Å². The van der Waals surface area contributed by atoms with Gasteiger partial charge < -0.3 is 10.1 Å². The molecule has 0 saturated heterocycles. The molecule has 0 aliphatic carbocycles. The summed E-state index contributed by atoms with van der Waals surface area (Å²) >= 11 is 0. The highest BCUT2D eigenvalue weighted by Gasteiger charge is 2.19. The monoisotopic (exact) mass is 363 g/mol. The van der Waals surface area contributed by atoms with Crippen LogP contribution in [-0.4, -0.2) is 24.2 Å². The number of fused-ring (bicyclic) bond motifs is 2. The second-order valence-electron chi connectivity index (χ2n) is 7.76. The van der Waals surface area contributed by atoms with Gasteiger partial charge in [0.1, 0.15) is 0 Å². The van der Waals surface area contributed by atoms with Crippen LogP contribution in [0.1, 0.15) is 50.9 Å². The number of nitrogens with one attached hydrogen (secondary N) is 1. The van der Waals surface area contributed by atoms with E-state index in [9.17, 15) is 4.79 Å². The number of hydrogen-bond acceptors (Lipinski definition) is 2. The van der Waals surface area contributed by atoms with E-state index >= 15 is 0 Å². The van der Waals surface area contributed by atoms with E-state index in [0.29, 0.717) is 12.2 Å². The lowest BCUT2D eigenvalue weighted by Crippen LogP contribution is -2.40. The molecular weight excluding hydrogens is 334 g/mol. The molecular formula is C24H29NO2. The molecule has 0 heterocycles. The van der Waals surface area contributed by atoms with Crippen molar-refractivity contribution in [3.63, 3.8) is 0 Å². The van der Waals surface area contributed by atoms with Crippen molar-refractivity contribution >= 4 is 27.5 Å². The van der Waals surface area contributed by atoms with Gasteiger partial charge in [0.15, 0.2) is 0 Å². The molecule has 142 valence electrons. The van der Waals surface area contributed by atoms with E-state index in [4.69, 9.17) is 4.74 Å². The van der Waals surface area contributed by atoms with Crippen LogP contribution in [0, 0.1) is 0 Å². The zero-order valence-electron chi connectivity index (χ0n) is 16.7. The number of benzene rings is 3. The molecule has 1 atom stereocenters. The van der Waals surface area contributed by atoms with Crippen LogP contribution in [0.2, 0.25) is 0 Å². The van der Waals surface area contributed by atoms with Gasteiger partial charge in [0, 0.05) is 5.56 Å². The molecule has 0 radical (unpaired) electrons. The lowest BCUT2D eigenvalue weighted by molar-refractivity contribution is -0.0301. The molecule has 3 aromatic carbocycles. The fraction of sp³-hybridized carbons (Fsp3) is 0.375. The topological polar surface area (TPSA) is 38.3 Å². The second kappa shape index (κ2) is 8.10. The molecule has 0 fully saturated rings. The number of amides is 1. The molecule has 27 heavy (non-hydrogen) atoms. The van der Waals surface area contributed by atoms with Gasteiger partial charge in [0.2, 0.25) is 0 Å². The fourth-order valence-corrected chi connectivity index (χ4v) is 3.04. The van der Waals surface area contributed by atoms with Gasteiger partial charge in [-0.05, 0) is 72.5 Å². The first-order valence-electron chi connectivity index (χ1n) is 9.79. The molecule has 3 nitrogen and oxygen atoms in total. The maximum absolute atomic E-state index is 12.7. The molecule has 0 spiro atoms. The van der Waals surface area contributed by atoms with Crippen molar-refractivity contribution in [1.82, 2.24) is 5.32 Å². The molecule has 3 rings (SSSR count). The average Bonchev–Trinajstić information content (AvgIpc) is 2.68. The van der Waals surface area contributed by atoms with Gasteiger partial charge in [0.25, 0.3) is 5.91 Å². The summed E-state index contributed by atoms with van der Waals surface area (Å²) < 4.78 is 5.97. The number of carbonyl (C=O) groups is 1. The summed E-state index contributed by atoms with van der Waals surface area (Å²) in [5.74, 6) is -0.0465. The maximum atomic E-state index is 12.7. The normalized spacial score (nSPS) is 13.0. The summed E-state index contributed by atoms with van der Waals surface area (Å²) in [5, 5.41) is 7.74. The van der Waals surface area contributed by atoms with Crippen molar-refractivity contribution in [2.45, 2.75) is 52.2 Å².